The number of rotatable bonds is 2. The zero-order chi connectivity index (χ0) is 16.5. The molecule has 1 aromatic rings. The van der Waals surface area contributed by atoms with Gasteiger partial charge < -0.3 is 15.3 Å². The lowest BCUT2D eigenvalue weighted by Crippen LogP contribution is -2.41. The van der Waals surface area contributed by atoms with E-state index in [4.69, 9.17) is 0 Å². The topological polar surface area (TPSA) is 52.6 Å². The number of aryl methyl sites for hydroxylation is 1. The van der Waals surface area contributed by atoms with Crippen LogP contribution in [0.4, 0.5) is 18.9 Å². The molecular formula is C15H19F3N2O2. The number of hydrogen-bond acceptors (Lipinski definition) is 3. The number of alkyl halides is 3. The molecule has 0 unspecified atom stereocenters. The van der Waals surface area contributed by atoms with Crippen molar-refractivity contribution in [2.45, 2.75) is 31.5 Å². The Kier molecular flexibility index (Phi) is 4.49. The summed E-state index contributed by atoms with van der Waals surface area (Å²) in [7, 11) is 1.97. The first-order valence-electron chi connectivity index (χ1n) is 7.02. The summed E-state index contributed by atoms with van der Waals surface area (Å²) in [6, 6.07) is 4.43. The van der Waals surface area contributed by atoms with Crippen LogP contribution in [0.3, 0.4) is 0 Å². The Morgan fingerprint density at radius 1 is 1.32 bits per heavy atom. The summed E-state index contributed by atoms with van der Waals surface area (Å²) in [6.45, 7) is 3.22. The second-order valence-electron chi connectivity index (χ2n) is 5.82. The molecule has 2 rings (SSSR count). The van der Waals surface area contributed by atoms with E-state index in [-0.39, 0.29) is 5.69 Å². The van der Waals surface area contributed by atoms with Gasteiger partial charge in [-0.05, 0) is 50.1 Å². The summed E-state index contributed by atoms with van der Waals surface area (Å²) in [5.74, 6) is -2.00. The number of aliphatic hydroxyl groups is 1. The molecule has 22 heavy (non-hydrogen) atoms. The van der Waals surface area contributed by atoms with Crippen molar-refractivity contribution >= 4 is 11.6 Å². The third-order valence-electron chi connectivity index (χ3n) is 4.06. The largest absolute Gasteiger partial charge is 0.471 e. The van der Waals surface area contributed by atoms with Crippen LogP contribution < -0.4 is 5.32 Å². The maximum absolute atomic E-state index is 12.2. The molecule has 1 aliphatic heterocycles. The number of likely N-dealkylation sites (tertiary alicyclic amines) is 1. The fourth-order valence-corrected chi connectivity index (χ4v) is 2.72. The molecule has 4 nitrogen and oxygen atoms in total. The molecule has 0 spiro atoms. The molecule has 0 radical (unpaired) electrons. The highest BCUT2D eigenvalue weighted by Crippen LogP contribution is 2.35. The van der Waals surface area contributed by atoms with E-state index in [2.05, 4.69) is 4.90 Å². The number of halogens is 3. The summed E-state index contributed by atoms with van der Waals surface area (Å²) >= 11 is 0. The average Bonchev–Trinajstić information content (AvgIpc) is 2.41. The zero-order valence-electron chi connectivity index (χ0n) is 12.5. The number of nitrogens with zero attached hydrogens (tertiary/aromatic N) is 1. The van der Waals surface area contributed by atoms with E-state index >= 15 is 0 Å². The summed E-state index contributed by atoms with van der Waals surface area (Å²) in [6.07, 6.45) is -3.78. The van der Waals surface area contributed by atoms with E-state index in [0.717, 1.165) is 13.1 Å². The Balaban J connectivity index is 2.18. The van der Waals surface area contributed by atoms with Gasteiger partial charge in [0.25, 0.3) is 0 Å². The zero-order valence-corrected chi connectivity index (χ0v) is 12.5. The van der Waals surface area contributed by atoms with Gasteiger partial charge in [-0.15, -0.1) is 0 Å². The maximum atomic E-state index is 12.2. The van der Waals surface area contributed by atoms with E-state index in [1.54, 1.807) is 13.0 Å². The number of hydrogen-bond donors (Lipinski definition) is 2. The lowest BCUT2D eigenvalue weighted by atomic mass is 9.82. The van der Waals surface area contributed by atoms with E-state index < -0.39 is 17.7 Å². The lowest BCUT2D eigenvalue weighted by molar-refractivity contribution is -0.167. The van der Waals surface area contributed by atoms with E-state index in [9.17, 15) is 23.1 Å². The second kappa shape index (κ2) is 5.89. The smallest absolute Gasteiger partial charge is 0.385 e. The minimum absolute atomic E-state index is 0.0695. The molecule has 1 saturated heterocycles. The molecule has 2 N–H and O–H groups in total. The van der Waals surface area contributed by atoms with Crippen LogP contribution in [0, 0.1) is 6.92 Å². The molecule has 0 aliphatic carbocycles. The van der Waals surface area contributed by atoms with Gasteiger partial charge in [0.15, 0.2) is 0 Å². The van der Waals surface area contributed by atoms with Crippen molar-refractivity contribution in [1.29, 1.82) is 0 Å². The van der Waals surface area contributed by atoms with Gasteiger partial charge >= 0.3 is 12.1 Å². The van der Waals surface area contributed by atoms with Gasteiger partial charge in [0.2, 0.25) is 0 Å². The molecule has 1 aliphatic rings. The van der Waals surface area contributed by atoms with Crippen LogP contribution in [-0.4, -0.2) is 42.2 Å². The molecule has 1 fully saturated rings. The molecule has 1 amide bonds. The Hall–Kier alpha value is -1.60. The maximum Gasteiger partial charge on any atom is 0.471 e. The van der Waals surface area contributed by atoms with Gasteiger partial charge in [-0.3, -0.25) is 4.79 Å². The van der Waals surface area contributed by atoms with Crippen LogP contribution in [0.25, 0.3) is 0 Å². The highest BCUT2D eigenvalue weighted by atomic mass is 19.4. The predicted octanol–water partition coefficient (Wildman–Crippen LogP) is 2.41. The van der Waals surface area contributed by atoms with E-state index in [0.29, 0.717) is 24.0 Å². The first-order chi connectivity index (χ1) is 10.1. The van der Waals surface area contributed by atoms with Crippen molar-refractivity contribution in [1.82, 2.24) is 4.90 Å². The molecular weight excluding hydrogens is 297 g/mol. The van der Waals surface area contributed by atoms with Crippen molar-refractivity contribution in [2.24, 2.45) is 0 Å². The quantitative estimate of drug-likeness (QED) is 0.881. The fourth-order valence-electron chi connectivity index (χ4n) is 2.72. The fraction of sp³-hybridized carbons (Fsp3) is 0.533. The standard InChI is InChI=1S/C15H19F3N2O2/c1-10-9-11(19-13(21)15(16,17)18)3-4-12(10)14(22)5-7-20(2)8-6-14/h3-4,9,22H,5-8H2,1-2H3,(H,19,21). The summed E-state index contributed by atoms with van der Waals surface area (Å²) in [5.41, 5.74) is 0.459. The Labute approximate surface area is 126 Å². The third kappa shape index (κ3) is 3.59. The van der Waals surface area contributed by atoms with Gasteiger partial charge in [0.1, 0.15) is 0 Å². The normalized spacial score (nSPS) is 19.0. The number of carbonyl (C=O) groups is 1. The third-order valence-corrected chi connectivity index (χ3v) is 4.06. The number of anilines is 1. The molecule has 0 aromatic heterocycles. The Morgan fingerprint density at radius 2 is 1.91 bits per heavy atom. The second-order valence-corrected chi connectivity index (χ2v) is 5.82. The van der Waals surface area contributed by atoms with Crippen molar-refractivity contribution in [3.05, 3.63) is 29.3 Å². The summed E-state index contributed by atoms with van der Waals surface area (Å²) in [4.78, 5) is 13.1. The van der Waals surface area contributed by atoms with Gasteiger partial charge in [0, 0.05) is 18.8 Å². The highest BCUT2D eigenvalue weighted by molar-refractivity contribution is 5.95. The monoisotopic (exact) mass is 316 g/mol. The van der Waals surface area contributed by atoms with Crippen LogP contribution in [0.1, 0.15) is 24.0 Å². The van der Waals surface area contributed by atoms with Crippen LogP contribution in [-0.2, 0) is 10.4 Å². The summed E-state index contributed by atoms with van der Waals surface area (Å²) < 4.78 is 36.7. The van der Waals surface area contributed by atoms with Crippen LogP contribution in [0.2, 0.25) is 0 Å². The SMILES string of the molecule is Cc1cc(NC(=O)C(F)(F)F)ccc1C1(O)CCN(C)CC1. The summed E-state index contributed by atoms with van der Waals surface area (Å²) in [5, 5.41) is 12.6. The number of benzene rings is 1. The molecule has 7 heteroatoms. The van der Waals surface area contributed by atoms with Crippen molar-refractivity contribution in [3.63, 3.8) is 0 Å². The van der Waals surface area contributed by atoms with Crippen molar-refractivity contribution in [2.75, 3.05) is 25.5 Å². The number of nitrogens with one attached hydrogen (secondary N) is 1. The number of carbonyl (C=O) groups excluding carboxylic acids is 1. The lowest BCUT2D eigenvalue weighted by Gasteiger charge is -2.37. The van der Waals surface area contributed by atoms with Crippen molar-refractivity contribution < 1.29 is 23.1 Å². The highest BCUT2D eigenvalue weighted by Gasteiger charge is 2.39. The molecule has 1 heterocycles. The molecule has 0 atom stereocenters. The van der Waals surface area contributed by atoms with E-state index in [1.165, 1.54) is 12.1 Å². The molecule has 122 valence electrons. The van der Waals surface area contributed by atoms with Crippen LogP contribution >= 0.6 is 0 Å². The molecule has 0 bridgehead atoms. The first-order valence-corrected chi connectivity index (χ1v) is 7.02. The van der Waals surface area contributed by atoms with Gasteiger partial charge in [-0.1, -0.05) is 6.07 Å². The first kappa shape index (κ1) is 16.8. The van der Waals surface area contributed by atoms with Gasteiger partial charge in [-0.2, -0.15) is 13.2 Å². The van der Waals surface area contributed by atoms with Gasteiger partial charge in [-0.25, -0.2) is 0 Å². The molecule has 0 saturated carbocycles. The van der Waals surface area contributed by atoms with Crippen LogP contribution in [0.5, 0.6) is 0 Å². The molecule has 1 aromatic carbocycles. The van der Waals surface area contributed by atoms with Crippen LogP contribution in [0.15, 0.2) is 18.2 Å². The minimum atomic E-state index is -4.92. The number of piperidine rings is 1. The van der Waals surface area contributed by atoms with Crippen molar-refractivity contribution in [3.8, 4) is 0 Å². The average molecular weight is 316 g/mol. The Bertz CT molecular complexity index is 564. The predicted molar refractivity (Wildman–Crippen MR) is 76.5 cm³/mol. The van der Waals surface area contributed by atoms with Gasteiger partial charge in [0.05, 0.1) is 5.60 Å². The van der Waals surface area contributed by atoms with E-state index in [1.807, 2.05) is 12.4 Å². The minimum Gasteiger partial charge on any atom is -0.385 e. The number of amides is 1. The Morgan fingerprint density at radius 3 is 2.41 bits per heavy atom.